The smallest absolute Gasteiger partial charge is 0.406 e. The quantitative estimate of drug-likeness (QED) is 0.910. The van der Waals surface area contributed by atoms with E-state index in [1.165, 1.54) is 31.4 Å². The van der Waals surface area contributed by atoms with Gasteiger partial charge in [0.1, 0.15) is 5.75 Å². The van der Waals surface area contributed by atoms with Crippen LogP contribution in [-0.2, 0) is 6.42 Å². The number of hydrogen-bond donors (Lipinski definition) is 1. The fraction of sp³-hybridized carbons (Fsp3) is 0.625. The molecule has 3 unspecified atom stereocenters. The van der Waals surface area contributed by atoms with Crippen LogP contribution in [0.5, 0.6) is 5.75 Å². The first-order valence-corrected chi connectivity index (χ1v) is 7.59. The second-order valence-electron chi connectivity index (χ2n) is 6.10. The summed E-state index contributed by atoms with van der Waals surface area (Å²) >= 11 is 0. The predicted molar refractivity (Wildman–Crippen MR) is 74.1 cm³/mol. The van der Waals surface area contributed by atoms with Gasteiger partial charge in [0.05, 0.1) is 0 Å². The number of nitrogens with one attached hydrogen (secondary N) is 1. The lowest BCUT2D eigenvalue weighted by molar-refractivity contribution is -0.274. The summed E-state index contributed by atoms with van der Waals surface area (Å²) in [5.41, 5.74) is 1.06. The Bertz CT molecular complexity index is 471. The molecule has 2 aliphatic rings. The third-order valence-electron chi connectivity index (χ3n) is 4.78. The van der Waals surface area contributed by atoms with Crippen LogP contribution in [0.25, 0.3) is 0 Å². The van der Waals surface area contributed by atoms with Crippen molar-refractivity contribution in [2.24, 2.45) is 11.8 Å². The van der Waals surface area contributed by atoms with Crippen molar-refractivity contribution in [2.75, 3.05) is 6.54 Å². The molecule has 0 bridgehead atoms. The van der Waals surface area contributed by atoms with Gasteiger partial charge in [0, 0.05) is 6.04 Å². The lowest BCUT2D eigenvalue weighted by Crippen LogP contribution is -2.27. The Labute approximate surface area is 122 Å². The molecule has 2 fully saturated rings. The highest BCUT2D eigenvalue weighted by atomic mass is 19.4. The summed E-state index contributed by atoms with van der Waals surface area (Å²) in [6.07, 6.45) is 1.34. The summed E-state index contributed by atoms with van der Waals surface area (Å²) in [7, 11) is 0. The number of rotatable bonds is 4. The molecule has 116 valence electrons. The van der Waals surface area contributed by atoms with E-state index in [1.54, 1.807) is 12.1 Å². The minimum atomic E-state index is -4.62. The molecule has 0 radical (unpaired) electrons. The Morgan fingerprint density at radius 1 is 1.14 bits per heavy atom. The molecule has 1 aromatic carbocycles. The van der Waals surface area contributed by atoms with E-state index in [2.05, 4.69) is 10.1 Å². The van der Waals surface area contributed by atoms with Gasteiger partial charge in [-0.15, -0.1) is 13.2 Å². The Hall–Kier alpha value is -1.23. The number of hydrogen-bond acceptors (Lipinski definition) is 2. The monoisotopic (exact) mass is 299 g/mol. The zero-order valence-corrected chi connectivity index (χ0v) is 11.8. The second kappa shape index (κ2) is 5.87. The average Bonchev–Trinajstić information content (AvgIpc) is 2.99. The standard InChI is InChI=1S/C16H20F3NO/c17-16(18,19)21-13-7-4-11(5-8-13)6-9-15-14-3-1-2-12(14)10-20-15/h4-5,7-8,12,14-15,20H,1-3,6,9-10H2. The highest BCUT2D eigenvalue weighted by Gasteiger charge is 2.38. The van der Waals surface area contributed by atoms with E-state index in [4.69, 9.17) is 0 Å². The largest absolute Gasteiger partial charge is 0.573 e. The summed E-state index contributed by atoms with van der Waals surface area (Å²) in [5.74, 6) is 1.50. The number of aryl methyl sites for hydroxylation is 1. The first-order chi connectivity index (χ1) is 10.0. The van der Waals surface area contributed by atoms with Gasteiger partial charge < -0.3 is 10.1 Å². The van der Waals surface area contributed by atoms with Crippen LogP contribution in [0.4, 0.5) is 13.2 Å². The molecule has 1 aliphatic heterocycles. The zero-order chi connectivity index (χ0) is 14.9. The van der Waals surface area contributed by atoms with Gasteiger partial charge in [-0.25, -0.2) is 0 Å². The van der Waals surface area contributed by atoms with Crippen LogP contribution in [0.15, 0.2) is 24.3 Å². The number of halogens is 3. The normalized spacial score (nSPS) is 28.6. The Morgan fingerprint density at radius 3 is 2.62 bits per heavy atom. The topological polar surface area (TPSA) is 21.3 Å². The molecule has 2 nitrogen and oxygen atoms in total. The van der Waals surface area contributed by atoms with Crippen LogP contribution in [0.2, 0.25) is 0 Å². The van der Waals surface area contributed by atoms with Crippen LogP contribution in [0.3, 0.4) is 0 Å². The van der Waals surface area contributed by atoms with E-state index in [1.807, 2.05) is 0 Å². The van der Waals surface area contributed by atoms with Crippen molar-refractivity contribution < 1.29 is 17.9 Å². The molecule has 21 heavy (non-hydrogen) atoms. The maximum atomic E-state index is 12.1. The van der Waals surface area contributed by atoms with Crippen molar-refractivity contribution in [3.63, 3.8) is 0 Å². The van der Waals surface area contributed by atoms with E-state index >= 15 is 0 Å². The molecule has 1 aliphatic carbocycles. The van der Waals surface area contributed by atoms with Gasteiger partial charge in [-0.1, -0.05) is 18.6 Å². The molecule has 1 saturated carbocycles. The van der Waals surface area contributed by atoms with E-state index in [-0.39, 0.29) is 5.75 Å². The van der Waals surface area contributed by atoms with Crippen molar-refractivity contribution in [3.05, 3.63) is 29.8 Å². The lowest BCUT2D eigenvalue weighted by Gasteiger charge is -2.18. The zero-order valence-electron chi connectivity index (χ0n) is 11.8. The lowest BCUT2D eigenvalue weighted by atomic mass is 9.90. The molecular weight excluding hydrogens is 279 g/mol. The molecule has 0 amide bonds. The van der Waals surface area contributed by atoms with Crippen molar-refractivity contribution in [1.82, 2.24) is 5.32 Å². The minimum absolute atomic E-state index is 0.152. The van der Waals surface area contributed by atoms with Gasteiger partial charge in [-0.05, 0) is 61.8 Å². The Balaban J connectivity index is 1.51. The number of ether oxygens (including phenoxy) is 1. The summed E-state index contributed by atoms with van der Waals surface area (Å²) in [6, 6.07) is 6.81. The van der Waals surface area contributed by atoms with E-state index in [0.29, 0.717) is 6.04 Å². The second-order valence-corrected chi connectivity index (χ2v) is 6.10. The molecule has 3 atom stereocenters. The fourth-order valence-electron chi connectivity index (χ4n) is 3.80. The first-order valence-electron chi connectivity index (χ1n) is 7.59. The third-order valence-corrected chi connectivity index (χ3v) is 4.78. The van der Waals surface area contributed by atoms with Gasteiger partial charge in [0.2, 0.25) is 0 Å². The van der Waals surface area contributed by atoms with Crippen molar-refractivity contribution in [2.45, 2.75) is 44.5 Å². The third kappa shape index (κ3) is 3.70. The van der Waals surface area contributed by atoms with Crippen molar-refractivity contribution >= 4 is 0 Å². The predicted octanol–water partition coefficient (Wildman–Crippen LogP) is 3.91. The fourth-order valence-corrected chi connectivity index (χ4v) is 3.80. The van der Waals surface area contributed by atoms with Crippen LogP contribution in [0.1, 0.15) is 31.2 Å². The summed E-state index contributed by atoms with van der Waals surface area (Å²) in [4.78, 5) is 0. The Morgan fingerprint density at radius 2 is 1.90 bits per heavy atom. The molecule has 1 N–H and O–H groups in total. The maximum Gasteiger partial charge on any atom is 0.573 e. The van der Waals surface area contributed by atoms with Gasteiger partial charge in [0.25, 0.3) is 0 Å². The molecular formula is C16H20F3NO. The molecule has 0 aromatic heterocycles. The van der Waals surface area contributed by atoms with E-state index in [0.717, 1.165) is 36.8 Å². The van der Waals surface area contributed by atoms with Crippen molar-refractivity contribution in [1.29, 1.82) is 0 Å². The Kier molecular flexibility index (Phi) is 4.11. The summed E-state index contributed by atoms with van der Waals surface area (Å²) in [5, 5.41) is 3.60. The number of fused-ring (bicyclic) bond motifs is 1. The molecule has 1 saturated heterocycles. The maximum absolute atomic E-state index is 12.1. The highest BCUT2D eigenvalue weighted by Crippen LogP contribution is 2.39. The van der Waals surface area contributed by atoms with E-state index < -0.39 is 6.36 Å². The molecule has 1 aromatic rings. The van der Waals surface area contributed by atoms with Crippen LogP contribution in [-0.4, -0.2) is 18.9 Å². The number of alkyl halides is 3. The van der Waals surface area contributed by atoms with Gasteiger partial charge in [-0.3, -0.25) is 0 Å². The average molecular weight is 299 g/mol. The molecule has 3 rings (SSSR count). The molecule has 0 spiro atoms. The van der Waals surface area contributed by atoms with E-state index in [9.17, 15) is 13.2 Å². The number of benzene rings is 1. The van der Waals surface area contributed by atoms with Gasteiger partial charge >= 0.3 is 6.36 Å². The van der Waals surface area contributed by atoms with Crippen LogP contribution < -0.4 is 10.1 Å². The molecule has 5 heteroatoms. The van der Waals surface area contributed by atoms with Gasteiger partial charge in [0.15, 0.2) is 0 Å². The highest BCUT2D eigenvalue weighted by molar-refractivity contribution is 5.27. The molecule has 1 heterocycles. The van der Waals surface area contributed by atoms with Crippen LogP contribution in [0, 0.1) is 11.8 Å². The summed E-state index contributed by atoms with van der Waals surface area (Å²) < 4.78 is 40.1. The summed E-state index contributed by atoms with van der Waals surface area (Å²) in [6.45, 7) is 1.13. The van der Waals surface area contributed by atoms with Gasteiger partial charge in [-0.2, -0.15) is 0 Å². The van der Waals surface area contributed by atoms with Crippen molar-refractivity contribution in [3.8, 4) is 5.75 Å². The first kappa shape index (κ1) is 14.7. The van der Waals surface area contributed by atoms with Crippen LogP contribution >= 0.6 is 0 Å². The SMILES string of the molecule is FC(F)(F)Oc1ccc(CCC2NCC3CCCC32)cc1. The minimum Gasteiger partial charge on any atom is -0.406 e.